The first-order valence-electron chi connectivity index (χ1n) is 4.77. The molecule has 2 heterocycles. The smallest absolute Gasteiger partial charge is 0.223 e. The van der Waals surface area contributed by atoms with Gasteiger partial charge in [0.2, 0.25) is 5.89 Å². The van der Waals surface area contributed by atoms with Gasteiger partial charge in [0.25, 0.3) is 0 Å². The van der Waals surface area contributed by atoms with Gasteiger partial charge in [0.05, 0.1) is 12.2 Å². The van der Waals surface area contributed by atoms with Crippen molar-refractivity contribution in [3.05, 3.63) is 29.7 Å². The maximum absolute atomic E-state index is 4.87. The third-order valence-corrected chi connectivity index (χ3v) is 2.12. The van der Waals surface area contributed by atoms with Gasteiger partial charge in [0.1, 0.15) is 0 Å². The molecule has 0 aliphatic rings. The lowest BCUT2D eigenvalue weighted by molar-refractivity contribution is 0.384. The monoisotopic (exact) mass is 207 g/mol. The molecule has 0 spiro atoms. The number of hydrogen-bond donors (Lipinski definition) is 2. The van der Waals surface area contributed by atoms with E-state index >= 15 is 0 Å². The Morgan fingerprint density at radius 2 is 2.47 bits per heavy atom. The number of hydrogen-bond acceptors (Lipinski definition) is 5. The molecule has 80 valence electrons. The van der Waals surface area contributed by atoms with Crippen LogP contribution in [0.4, 0.5) is 0 Å². The summed E-state index contributed by atoms with van der Waals surface area (Å²) in [6, 6.07) is 2.12. The summed E-state index contributed by atoms with van der Waals surface area (Å²) in [5.74, 6) is 1.25. The zero-order valence-corrected chi connectivity index (χ0v) is 8.69. The number of nitrogens with zero attached hydrogens (tertiary/aromatic N) is 3. The summed E-state index contributed by atoms with van der Waals surface area (Å²) < 4.78 is 4.87. The van der Waals surface area contributed by atoms with E-state index in [4.69, 9.17) is 4.52 Å². The average Bonchev–Trinajstić information content (AvgIpc) is 2.84. The second-order valence-electron chi connectivity index (χ2n) is 3.34. The molecular formula is C9H13N5O. The molecular weight excluding hydrogens is 194 g/mol. The SMILES string of the molecule is Cc1nc(CNC(C)c2ccn[nH]2)no1. The van der Waals surface area contributed by atoms with Crippen molar-refractivity contribution in [1.82, 2.24) is 25.7 Å². The molecule has 0 radical (unpaired) electrons. The number of aryl methyl sites for hydroxylation is 1. The highest BCUT2D eigenvalue weighted by atomic mass is 16.5. The molecule has 0 saturated carbocycles. The predicted molar refractivity (Wildman–Crippen MR) is 52.9 cm³/mol. The van der Waals surface area contributed by atoms with Crippen LogP contribution in [0.1, 0.15) is 30.4 Å². The molecule has 0 fully saturated rings. The first-order chi connectivity index (χ1) is 7.25. The van der Waals surface area contributed by atoms with Crippen LogP contribution in [0.3, 0.4) is 0 Å². The van der Waals surface area contributed by atoms with Gasteiger partial charge in [-0.2, -0.15) is 10.1 Å². The predicted octanol–water partition coefficient (Wildman–Crippen LogP) is 0.952. The normalized spacial score (nSPS) is 12.9. The molecule has 1 unspecified atom stereocenters. The van der Waals surface area contributed by atoms with Gasteiger partial charge in [-0.25, -0.2) is 0 Å². The van der Waals surface area contributed by atoms with Gasteiger partial charge in [-0.05, 0) is 13.0 Å². The molecule has 6 nitrogen and oxygen atoms in total. The summed E-state index contributed by atoms with van der Waals surface area (Å²) in [7, 11) is 0. The zero-order valence-electron chi connectivity index (χ0n) is 8.69. The van der Waals surface area contributed by atoms with Crippen LogP contribution in [-0.2, 0) is 6.54 Å². The van der Waals surface area contributed by atoms with Gasteiger partial charge in [-0.3, -0.25) is 5.10 Å². The number of aromatic amines is 1. The molecule has 2 aromatic rings. The van der Waals surface area contributed by atoms with Crippen molar-refractivity contribution in [2.24, 2.45) is 0 Å². The highest BCUT2D eigenvalue weighted by molar-refractivity contribution is 5.03. The summed E-state index contributed by atoms with van der Waals surface area (Å²) in [4.78, 5) is 4.10. The third-order valence-electron chi connectivity index (χ3n) is 2.12. The average molecular weight is 207 g/mol. The Bertz CT molecular complexity index is 408. The molecule has 15 heavy (non-hydrogen) atoms. The van der Waals surface area contributed by atoms with Crippen molar-refractivity contribution < 1.29 is 4.52 Å². The quantitative estimate of drug-likeness (QED) is 0.780. The van der Waals surface area contributed by atoms with Crippen LogP contribution < -0.4 is 5.32 Å². The van der Waals surface area contributed by atoms with Crippen molar-refractivity contribution in [2.75, 3.05) is 0 Å². The van der Waals surface area contributed by atoms with E-state index in [1.54, 1.807) is 13.1 Å². The summed E-state index contributed by atoms with van der Waals surface area (Å²) in [6.07, 6.45) is 1.73. The molecule has 0 aromatic carbocycles. The van der Waals surface area contributed by atoms with Crippen LogP contribution in [-0.4, -0.2) is 20.3 Å². The molecule has 6 heteroatoms. The summed E-state index contributed by atoms with van der Waals surface area (Å²) in [5, 5.41) is 13.8. The Morgan fingerprint density at radius 1 is 1.60 bits per heavy atom. The van der Waals surface area contributed by atoms with Crippen molar-refractivity contribution in [3.8, 4) is 0 Å². The molecule has 0 bridgehead atoms. The molecule has 0 amide bonds. The Balaban J connectivity index is 1.88. The Morgan fingerprint density at radius 3 is 3.07 bits per heavy atom. The van der Waals surface area contributed by atoms with Crippen molar-refractivity contribution >= 4 is 0 Å². The number of aromatic nitrogens is 4. The summed E-state index contributed by atoms with van der Waals surface area (Å²) in [6.45, 7) is 4.40. The fourth-order valence-corrected chi connectivity index (χ4v) is 1.28. The Labute approximate surface area is 87.1 Å². The largest absolute Gasteiger partial charge is 0.340 e. The molecule has 0 saturated heterocycles. The fourth-order valence-electron chi connectivity index (χ4n) is 1.28. The van der Waals surface area contributed by atoms with Crippen LogP contribution in [0, 0.1) is 6.92 Å². The lowest BCUT2D eigenvalue weighted by Gasteiger charge is -2.09. The van der Waals surface area contributed by atoms with Crippen molar-refractivity contribution in [1.29, 1.82) is 0 Å². The van der Waals surface area contributed by atoms with Gasteiger partial charge in [0.15, 0.2) is 5.82 Å². The van der Waals surface area contributed by atoms with Crippen LogP contribution in [0.15, 0.2) is 16.8 Å². The van der Waals surface area contributed by atoms with Crippen LogP contribution >= 0.6 is 0 Å². The lowest BCUT2D eigenvalue weighted by atomic mass is 10.2. The van der Waals surface area contributed by atoms with Crippen molar-refractivity contribution in [2.45, 2.75) is 26.4 Å². The number of H-pyrrole nitrogens is 1. The minimum atomic E-state index is 0.186. The maximum atomic E-state index is 4.87. The minimum Gasteiger partial charge on any atom is -0.340 e. The van der Waals surface area contributed by atoms with E-state index in [1.165, 1.54) is 0 Å². The molecule has 2 rings (SSSR count). The first kappa shape index (κ1) is 9.85. The van der Waals surface area contributed by atoms with E-state index < -0.39 is 0 Å². The van der Waals surface area contributed by atoms with Crippen molar-refractivity contribution in [3.63, 3.8) is 0 Å². The van der Waals surface area contributed by atoms with Gasteiger partial charge in [-0.15, -0.1) is 0 Å². The standard InChI is InChI=1S/C9H13N5O/c1-6(8-3-4-11-13-8)10-5-9-12-7(2)15-14-9/h3-4,6,10H,5H2,1-2H3,(H,11,13). The highest BCUT2D eigenvalue weighted by Crippen LogP contribution is 2.07. The zero-order chi connectivity index (χ0) is 10.7. The second kappa shape index (κ2) is 4.22. The van der Waals surface area contributed by atoms with Gasteiger partial charge < -0.3 is 9.84 Å². The number of nitrogens with one attached hydrogen (secondary N) is 2. The second-order valence-corrected chi connectivity index (χ2v) is 3.34. The molecule has 2 aromatic heterocycles. The summed E-state index contributed by atoms with van der Waals surface area (Å²) >= 11 is 0. The number of rotatable bonds is 4. The van der Waals surface area contributed by atoms with E-state index in [1.807, 2.05) is 13.0 Å². The van der Waals surface area contributed by atoms with Crippen LogP contribution in [0.5, 0.6) is 0 Å². The van der Waals surface area contributed by atoms with E-state index in [9.17, 15) is 0 Å². The highest BCUT2D eigenvalue weighted by Gasteiger charge is 2.08. The Kier molecular flexibility index (Phi) is 2.77. The molecule has 1 atom stereocenters. The van der Waals surface area contributed by atoms with E-state index in [0.29, 0.717) is 18.3 Å². The topological polar surface area (TPSA) is 79.6 Å². The van der Waals surface area contributed by atoms with E-state index in [2.05, 4.69) is 25.7 Å². The lowest BCUT2D eigenvalue weighted by Crippen LogP contribution is -2.19. The van der Waals surface area contributed by atoms with E-state index in [0.717, 1.165) is 5.69 Å². The van der Waals surface area contributed by atoms with Gasteiger partial charge in [0, 0.05) is 19.2 Å². The van der Waals surface area contributed by atoms with Gasteiger partial charge in [-0.1, -0.05) is 5.16 Å². The van der Waals surface area contributed by atoms with E-state index in [-0.39, 0.29) is 6.04 Å². The third kappa shape index (κ3) is 2.41. The summed E-state index contributed by atoms with van der Waals surface area (Å²) in [5.41, 5.74) is 1.04. The maximum Gasteiger partial charge on any atom is 0.223 e. The molecule has 0 aliphatic carbocycles. The van der Waals surface area contributed by atoms with Crippen LogP contribution in [0.2, 0.25) is 0 Å². The Hall–Kier alpha value is -1.69. The molecule has 0 aliphatic heterocycles. The molecule has 2 N–H and O–H groups in total. The minimum absolute atomic E-state index is 0.186. The fraction of sp³-hybridized carbons (Fsp3) is 0.444. The first-order valence-corrected chi connectivity index (χ1v) is 4.77. The van der Waals surface area contributed by atoms with Gasteiger partial charge >= 0.3 is 0 Å². The van der Waals surface area contributed by atoms with Crippen LogP contribution in [0.25, 0.3) is 0 Å².